The number of fused-ring (bicyclic) bond motifs is 1. The zero-order valence-electron chi connectivity index (χ0n) is 10.7. The fourth-order valence-corrected chi connectivity index (χ4v) is 3.27. The van der Waals surface area contributed by atoms with E-state index in [1.54, 1.807) is 11.3 Å². The molecule has 0 fully saturated rings. The van der Waals surface area contributed by atoms with Gasteiger partial charge in [0, 0.05) is 21.0 Å². The summed E-state index contributed by atoms with van der Waals surface area (Å²) in [6, 6.07) is 8.20. The third-order valence-corrected chi connectivity index (χ3v) is 4.14. The Morgan fingerprint density at radius 2 is 2.00 bits per heavy atom. The van der Waals surface area contributed by atoms with Crippen LogP contribution in [0.1, 0.15) is 15.4 Å². The van der Waals surface area contributed by atoms with E-state index in [4.69, 9.17) is 5.73 Å². The molecule has 3 aromatic rings. The van der Waals surface area contributed by atoms with Gasteiger partial charge in [-0.1, -0.05) is 6.07 Å². The molecule has 0 unspecified atom stereocenters. The standard InChI is InChI=1S/C14H15N3S/c1-8-5-4-6-12-16-13(14(15)17(8)12)11-7-9(2)18-10(11)3/h4-7H,15H2,1-3H3. The molecule has 92 valence electrons. The molecule has 0 amide bonds. The Labute approximate surface area is 110 Å². The zero-order chi connectivity index (χ0) is 12.9. The van der Waals surface area contributed by atoms with Crippen LogP contribution in [0.4, 0.5) is 5.82 Å². The Balaban J connectivity index is 2.34. The van der Waals surface area contributed by atoms with Crippen molar-refractivity contribution in [1.29, 1.82) is 0 Å². The lowest BCUT2D eigenvalue weighted by molar-refractivity contribution is 1.10. The number of aromatic nitrogens is 2. The van der Waals surface area contributed by atoms with Crippen LogP contribution in [0.2, 0.25) is 0 Å². The van der Waals surface area contributed by atoms with Crippen molar-refractivity contribution >= 4 is 22.8 Å². The van der Waals surface area contributed by atoms with Crippen LogP contribution >= 0.6 is 11.3 Å². The van der Waals surface area contributed by atoms with Gasteiger partial charge in [-0.3, -0.25) is 4.40 Å². The average molecular weight is 257 g/mol. The number of nitrogens with two attached hydrogens (primary N) is 1. The topological polar surface area (TPSA) is 43.3 Å². The highest BCUT2D eigenvalue weighted by atomic mass is 32.1. The molecule has 0 atom stereocenters. The van der Waals surface area contributed by atoms with Gasteiger partial charge >= 0.3 is 0 Å². The molecule has 0 aliphatic rings. The fraction of sp³-hybridized carbons (Fsp3) is 0.214. The van der Waals surface area contributed by atoms with E-state index in [1.165, 1.54) is 9.75 Å². The van der Waals surface area contributed by atoms with Gasteiger partial charge in [-0.25, -0.2) is 4.98 Å². The van der Waals surface area contributed by atoms with Gasteiger partial charge in [0.05, 0.1) is 0 Å². The summed E-state index contributed by atoms with van der Waals surface area (Å²) in [7, 11) is 0. The van der Waals surface area contributed by atoms with E-state index >= 15 is 0 Å². The highest BCUT2D eigenvalue weighted by molar-refractivity contribution is 7.12. The molecular weight excluding hydrogens is 242 g/mol. The molecule has 3 aromatic heterocycles. The zero-order valence-corrected chi connectivity index (χ0v) is 11.5. The number of rotatable bonds is 1. The summed E-state index contributed by atoms with van der Waals surface area (Å²) in [6.07, 6.45) is 0. The summed E-state index contributed by atoms with van der Waals surface area (Å²) in [6.45, 7) is 6.27. The number of hydrogen-bond acceptors (Lipinski definition) is 3. The van der Waals surface area contributed by atoms with Crippen molar-refractivity contribution in [2.45, 2.75) is 20.8 Å². The molecule has 3 heterocycles. The van der Waals surface area contributed by atoms with E-state index in [9.17, 15) is 0 Å². The molecule has 0 aromatic carbocycles. The van der Waals surface area contributed by atoms with E-state index in [0.717, 1.165) is 28.4 Å². The third-order valence-electron chi connectivity index (χ3n) is 3.17. The Kier molecular flexibility index (Phi) is 2.41. The SMILES string of the molecule is Cc1cc(-c2nc3cccc(C)n3c2N)c(C)s1. The first-order chi connectivity index (χ1) is 8.58. The van der Waals surface area contributed by atoms with Crippen molar-refractivity contribution in [1.82, 2.24) is 9.38 Å². The third kappa shape index (κ3) is 1.53. The number of pyridine rings is 1. The number of hydrogen-bond donors (Lipinski definition) is 1. The second-order valence-electron chi connectivity index (χ2n) is 4.53. The van der Waals surface area contributed by atoms with Crippen LogP contribution in [-0.2, 0) is 0 Å². The molecule has 0 spiro atoms. The van der Waals surface area contributed by atoms with Crippen molar-refractivity contribution in [2.24, 2.45) is 0 Å². The lowest BCUT2D eigenvalue weighted by Gasteiger charge is -2.01. The maximum atomic E-state index is 6.26. The largest absolute Gasteiger partial charge is 0.383 e. The molecule has 18 heavy (non-hydrogen) atoms. The lowest BCUT2D eigenvalue weighted by atomic mass is 10.2. The van der Waals surface area contributed by atoms with E-state index < -0.39 is 0 Å². The van der Waals surface area contributed by atoms with E-state index in [0.29, 0.717) is 0 Å². The van der Waals surface area contributed by atoms with Crippen LogP contribution in [0.15, 0.2) is 24.3 Å². The maximum absolute atomic E-state index is 6.26. The molecule has 0 radical (unpaired) electrons. The number of nitrogen functional groups attached to an aromatic ring is 1. The predicted octanol–water partition coefficient (Wildman–Crippen LogP) is 3.57. The highest BCUT2D eigenvalue weighted by Gasteiger charge is 2.15. The number of nitrogens with zero attached hydrogens (tertiary/aromatic N) is 2. The van der Waals surface area contributed by atoms with Gasteiger partial charge in [-0.15, -0.1) is 11.3 Å². The van der Waals surface area contributed by atoms with Gasteiger partial charge in [0.25, 0.3) is 0 Å². The van der Waals surface area contributed by atoms with Gasteiger partial charge in [0.2, 0.25) is 0 Å². The van der Waals surface area contributed by atoms with Crippen LogP contribution < -0.4 is 5.73 Å². The van der Waals surface area contributed by atoms with Crippen LogP contribution in [0.3, 0.4) is 0 Å². The Hall–Kier alpha value is -1.81. The normalized spacial score (nSPS) is 11.3. The van der Waals surface area contributed by atoms with E-state index in [2.05, 4.69) is 24.9 Å². The quantitative estimate of drug-likeness (QED) is 0.724. The molecular formula is C14H15N3S. The Bertz CT molecular complexity index is 737. The average Bonchev–Trinajstić information content (AvgIpc) is 2.80. The second-order valence-corrected chi connectivity index (χ2v) is 5.99. The summed E-state index contributed by atoms with van der Waals surface area (Å²) in [5, 5.41) is 0. The first kappa shape index (κ1) is 11.3. The minimum absolute atomic E-state index is 0.726. The van der Waals surface area contributed by atoms with Crippen molar-refractivity contribution in [3.8, 4) is 11.3 Å². The number of thiophene rings is 1. The molecule has 4 heteroatoms. The van der Waals surface area contributed by atoms with Gasteiger partial charge in [0.15, 0.2) is 0 Å². The number of anilines is 1. The summed E-state index contributed by atoms with van der Waals surface area (Å²) in [4.78, 5) is 7.21. The van der Waals surface area contributed by atoms with Crippen molar-refractivity contribution in [3.63, 3.8) is 0 Å². The Morgan fingerprint density at radius 1 is 1.22 bits per heavy atom. The number of imidazole rings is 1. The fourth-order valence-electron chi connectivity index (χ4n) is 2.35. The Morgan fingerprint density at radius 3 is 2.61 bits per heavy atom. The van der Waals surface area contributed by atoms with Gasteiger partial charge in [-0.05, 0) is 39.0 Å². The summed E-state index contributed by atoms with van der Waals surface area (Å²) in [5.41, 5.74) is 10.3. The first-order valence-electron chi connectivity index (χ1n) is 5.89. The van der Waals surface area contributed by atoms with Crippen LogP contribution in [0, 0.1) is 20.8 Å². The molecule has 3 nitrogen and oxygen atoms in total. The molecule has 0 saturated heterocycles. The number of aryl methyl sites for hydroxylation is 3. The van der Waals surface area contributed by atoms with Crippen LogP contribution in [0.25, 0.3) is 16.9 Å². The van der Waals surface area contributed by atoms with E-state index in [-0.39, 0.29) is 0 Å². The molecule has 0 aliphatic heterocycles. The van der Waals surface area contributed by atoms with Gasteiger partial charge < -0.3 is 5.73 Å². The molecule has 3 rings (SSSR count). The highest BCUT2D eigenvalue weighted by Crippen LogP contribution is 2.34. The van der Waals surface area contributed by atoms with Crippen molar-refractivity contribution < 1.29 is 0 Å². The molecule has 0 bridgehead atoms. The summed E-state index contributed by atoms with van der Waals surface area (Å²) >= 11 is 1.78. The molecule has 0 saturated carbocycles. The second kappa shape index (κ2) is 3.85. The smallest absolute Gasteiger partial charge is 0.139 e. The minimum Gasteiger partial charge on any atom is -0.383 e. The monoisotopic (exact) mass is 257 g/mol. The maximum Gasteiger partial charge on any atom is 0.139 e. The van der Waals surface area contributed by atoms with Gasteiger partial charge in [0.1, 0.15) is 17.2 Å². The van der Waals surface area contributed by atoms with Crippen LogP contribution in [-0.4, -0.2) is 9.38 Å². The van der Waals surface area contributed by atoms with Crippen LogP contribution in [0.5, 0.6) is 0 Å². The summed E-state index contributed by atoms with van der Waals surface area (Å²) in [5.74, 6) is 0.726. The molecule has 0 aliphatic carbocycles. The van der Waals surface area contributed by atoms with Crippen molar-refractivity contribution in [3.05, 3.63) is 39.7 Å². The molecule has 2 N–H and O–H groups in total. The minimum atomic E-state index is 0.726. The van der Waals surface area contributed by atoms with E-state index in [1.807, 2.05) is 29.5 Å². The first-order valence-corrected chi connectivity index (χ1v) is 6.70. The lowest BCUT2D eigenvalue weighted by Crippen LogP contribution is -1.97. The summed E-state index contributed by atoms with van der Waals surface area (Å²) < 4.78 is 2.00. The van der Waals surface area contributed by atoms with Gasteiger partial charge in [-0.2, -0.15) is 0 Å². The van der Waals surface area contributed by atoms with Crippen molar-refractivity contribution in [2.75, 3.05) is 5.73 Å². The predicted molar refractivity (Wildman–Crippen MR) is 77.1 cm³/mol.